The van der Waals surface area contributed by atoms with Crippen LogP contribution >= 0.6 is 0 Å². The highest BCUT2D eigenvalue weighted by Gasteiger charge is 2.51. The Labute approximate surface area is 214 Å². The van der Waals surface area contributed by atoms with Crippen LogP contribution in [0.1, 0.15) is 73.1 Å². The fourth-order valence-corrected chi connectivity index (χ4v) is 7.84. The Morgan fingerprint density at radius 1 is 1.05 bits per heavy atom. The number of rotatable bonds is 6. The van der Waals surface area contributed by atoms with Gasteiger partial charge in [0.1, 0.15) is 5.82 Å². The number of fused-ring (bicyclic) bond motifs is 1. The van der Waals surface area contributed by atoms with Gasteiger partial charge in [0.25, 0.3) is 5.91 Å². The maximum atomic E-state index is 14.1. The van der Waals surface area contributed by atoms with Gasteiger partial charge in [0.15, 0.2) is 23.2 Å². The molecule has 2 N–H and O–H groups in total. The van der Waals surface area contributed by atoms with Crippen molar-refractivity contribution in [3.63, 3.8) is 0 Å². The molecular formula is C27H33F3N4O3. The van der Waals surface area contributed by atoms with Crippen LogP contribution in [0.3, 0.4) is 0 Å². The fraction of sp³-hybridized carbons (Fsp3) is 0.630. The van der Waals surface area contributed by atoms with Gasteiger partial charge in [-0.25, -0.2) is 4.68 Å². The predicted molar refractivity (Wildman–Crippen MR) is 131 cm³/mol. The summed E-state index contributed by atoms with van der Waals surface area (Å²) in [5.41, 5.74) is 0.774. The molecule has 1 aromatic heterocycles. The van der Waals surface area contributed by atoms with Crippen LogP contribution in [0.5, 0.6) is 11.5 Å². The second-order valence-electron chi connectivity index (χ2n) is 11.6. The van der Waals surface area contributed by atoms with Gasteiger partial charge in [-0.15, -0.1) is 0 Å². The minimum absolute atomic E-state index is 0.00874. The number of benzene rings is 1. The minimum atomic E-state index is -4.52. The summed E-state index contributed by atoms with van der Waals surface area (Å²) >= 11 is 0. The van der Waals surface area contributed by atoms with Crippen molar-refractivity contribution in [2.24, 2.45) is 23.2 Å². The van der Waals surface area contributed by atoms with Crippen LogP contribution in [0.2, 0.25) is 0 Å². The first-order valence-corrected chi connectivity index (χ1v) is 13.1. The number of ether oxygens (including phenoxy) is 2. The number of alkyl halides is 3. The van der Waals surface area contributed by atoms with Crippen molar-refractivity contribution in [1.82, 2.24) is 15.1 Å². The second kappa shape index (κ2) is 8.84. The molecule has 4 bridgehead atoms. The molecule has 4 saturated carbocycles. The van der Waals surface area contributed by atoms with Crippen LogP contribution < -0.4 is 20.1 Å². The van der Waals surface area contributed by atoms with E-state index in [-0.39, 0.29) is 23.3 Å². The number of carbonyl (C=O) groups excluding carboxylic acids is 1. The van der Waals surface area contributed by atoms with Crippen LogP contribution in [-0.4, -0.2) is 42.6 Å². The third-order valence-electron chi connectivity index (χ3n) is 9.02. The average Bonchev–Trinajstić information content (AvgIpc) is 3.29. The lowest BCUT2D eigenvalue weighted by atomic mass is 9.49. The Bertz CT molecular complexity index is 1160. The highest BCUT2D eigenvalue weighted by molar-refractivity contribution is 5.93. The monoisotopic (exact) mass is 518 g/mol. The predicted octanol–water partition coefficient (Wildman–Crippen LogP) is 5.51. The Hall–Kier alpha value is -2.91. The van der Waals surface area contributed by atoms with Crippen molar-refractivity contribution < 1.29 is 27.4 Å². The van der Waals surface area contributed by atoms with Crippen molar-refractivity contribution in [1.29, 1.82) is 0 Å². The third-order valence-corrected chi connectivity index (χ3v) is 9.02. The Balaban J connectivity index is 1.22. The number of methoxy groups -OCH3 is 2. The number of halogens is 3. The first-order chi connectivity index (χ1) is 17.7. The summed E-state index contributed by atoms with van der Waals surface area (Å²) < 4.78 is 53.9. The smallest absolute Gasteiger partial charge is 0.410 e. The van der Waals surface area contributed by atoms with Gasteiger partial charge in [0, 0.05) is 19.0 Å². The van der Waals surface area contributed by atoms with E-state index in [1.807, 2.05) is 0 Å². The zero-order valence-corrected chi connectivity index (χ0v) is 21.1. The van der Waals surface area contributed by atoms with E-state index in [1.54, 1.807) is 18.2 Å². The zero-order chi connectivity index (χ0) is 25.9. The standard InChI is InChI=1S/C27H33F3N4O3/c1-36-21-4-3-18(8-22(21)37-2)19-9-23(27(28,29)30)34-24(32-19)10-20(33-34)25(35)31-14-26-11-15-5-16(12-26)7-17(6-15)13-26/h3-4,8,10,15-17,19,23,32H,5-7,9,11-14H2,1-2H3,(H,31,35)/t15?,16?,17?,19-,23+,26?/m1/s1. The topological polar surface area (TPSA) is 77.4 Å². The molecule has 1 aliphatic heterocycles. The minimum Gasteiger partial charge on any atom is -0.493 e. The summed E-state index contributed by atoms with van der Waals surface area (Å²) in [5, 5.41) is 10.3. The van der Waals surface area contributed by atoms with Crippen LogP contribution in [0, 0.1) is 23.2 Å². The number of nitrogens with zero attached hydrogens (tertiary/aromatic N) is 2. The van der Waals surface area contributed by atoms with Gasteiger partial charge in [-0.05, 0) is 79.4 Å². The number of anilines is 1. The Morgan fingerprint density at radius 2 is 1.70 bits per heavy atom. The molecule has 0 saturated heterocycles. The molecule has 7 rings (SSSR count). The highest BCUT2D eigenvalue weighted by Crippen LogP contribution is 2.59. The van der Waals surface area contributed by atoms with E-state index in [0.29, 0.717) is 23.6 Å². The molecule has 200 valence electrons. The lowest BCUT2D eigenvalue weighted by molar-refractivity contribution is -0.173. The third kappa shape index (κ3) is 4.42. The molecule has 37 heavy (non-hydrogen) atoms. The number of hydrogen-bond donors (Lipinski definition) is 2. The van der Waals surface area contributed by atoms with Crippen LogP contribution in [-0.2, 0) is 0 Å². The summed E-state index contributed by atoms with van der Waals surface area (Å²) in [5.74, 6) is 2.97. The summed E-state index contributed by atoms with van der Waals surface area (Å²) in [6.07, 6.45) is 2.58. The molecule has 4 aliphatic carbocycles. The molecule has 10 heteroatoms. The number of amides is 1. The zero-order valence-electron chi connectivity index (χ0n) is 21.1. The van der Waals surface area contributed by atoms with Gasteiger partial charge in [-0.2, -0.15) is 18.3 Å². The van der Waals surface area contributed by atoms with Crippen LogP contribution in [0.4, 0.5) is 19.0 Å². The van der Waals surface area contributed by atoms with Crippen molar-refractivity contribution in [2.75, 3.05) is 26.1 Å². The van der Waals surface area contributed by atoms with E-state index in [4.69, 9.17) is 9.47 Å². The van der Waals surface area contributed by atoms with Gasteiger partial charge < -0.3 is 20.1 Å². The van der Waals surface area contributed by atoms with Gasteiger partial charge in [0.2, 0.25) is 0 Å². The van der Waals surface area contributed by atoms with Gasteiger partial charge >= 0.3 is 6.18 Å². The van der Waals surface area contributed by atoms with Crippen molar-refractivity contribution in [2.45, 2.75) is 63.2 Å². The first-order valence-electron chi connectivity index (χ1n) is 13.1. The number of carbonyl (C=O) groups is 1. The number of nitrogens with one attached hydrogen (secondary N) is 2. The quantitative estimate of drug-likeness (QED) is 0.528. The molecule has 0 spiro atoms. The summed E-state index contributed by atoms with van der Waals surface area (Å²) in [6.45, 7) is 0.571. The van der Waals surface area contributed by atoms with Crippen LogP contribution in [0.15, 0.2) is 24.3 Å². The second-order valence-corrected chi connectivity index (χ2v) is 11.6. The average molecular weight is 519 g/mol. The van der Waals surface area contributed by atoms with E-state index in [1.165, 1.54) is 39.5 Å². The maximum Gasteiger partial charge on any atom is 0.410 e. The molecule has 7 nitrogen and oxygen atoms in total. The first kappa shape index (κ1) is 24.4. The number of hydrogen-bond acceptors (Lipinski definition) is 5. The fourth-order valence-electron chi connectivity index (χ4n) is 7.84. The number of aromatic nitrogens is 2. The van der Waals surface area contributed by atoms with Crippen LogP contribution in [0.25, 0.3) is 0 Å². The molecule has 0 unspecified atom stereocenters. The lowest BCUT2D eigenvalue weighted by Crippen LogP contribution is -2.51. The molecule has 0 radical (unpaired) electrons. The lowest BCUT2D eigenvalue weighted by Gasteiger charge is -2.56. The van der Waals surface area contributed by atoms with Gasteiger partial charge in [0.05, 0.1) is 20.3 Å². The van der Waals surface area contributed by atoms with E-state index in [0.717, 1.165) is 41.7 Å². The maximum absolute atomic E-state index is 14.1. The van der Waals surface area contributed by atoms with Gasteiger partial charge in [-0.1, -0.05) is 6.07 Å². The normalized spacial score (nSPS) is 32.0. The van der Waals surface area contributed by atoms with Gasteiger partial charge in [-0.3, -0.25) is 4.79 Å². The summed E-state index contributed by atoms with van der Waals surface area (Å²) in [6, 6.07) is 4.01. The van der Waals surface area contributed by atoms with E-state index < -0.39 is 24.2 Å². The molecule has 1 amide bonds. The SMILES string of the molecule is COc1ccc([C@H]2C[C@@H](C(F)(F)F)n3nc(C(=O)NCC45CC6CC(CC(C6)C4)C5)cc3N2)cc1OC. The molecule has 5 aliphatic rings. The van der Waals surface area contributed by atoms with E-state index in [2.05, 4.69) is 15.7 Å². The Morgan fingerprint density at radius 3 is 2.30 bits per heavy atom. The van der Waals surface area contributed by atoms with E-state index in [9.17, 15) is 18.0 Å². The molecule has 2 aromatic rings. The van der Waals surface area contributed by atoms with Crippen molar-refractivity contribution >= 4 is 11.7 Å². The molecule has 2 heterocycles. The largest absolute Gasteiger partial charge is 0.493 e. The molecule has 4 fully saturated rings. The van der Waals surface area contributed by atoms with Crippen molar-refractivity contribution in [3.8, 4) is 11.5 Å². The van der Waals surface area contributed by atoms with E-state index >= 15 is 0 Å². The highest BCUT2D eigenvalue weighted by atomic mass is 19.4. The Kier molecular flexibility index (Phi) is 5.84. The molecule has 2 atom stereocenters. The molecular weight excluding hydrogens is 485 g/mol. The molecule has 1 aromatic carbocycles. The van der Waals surface area contributed by atoms with Crippen molar-refractivity contribution in [3.05, 3.63) is 35.5 Å². The summed E-state index contributed by atoms with van der Waals surface area (Å²) in [7, 11) is 2.99. The summed E-state index contributed by atoms with van der Waals surface area (Å²) in [4.78, 5) is 13.1.